The first-order chi connectivity index (χ1) is 7.58. The van der Waals surface area contributed by atoms with Gasteiger partial charge in [0.05, 0.1) is 15.4 Å². The third-order valence-electron chi connectivity index (χ3n) is 2.32. The molecular weight excluding hydrogens is 244 g/mol. The molecule has 0 bridgehead atoms. The van der Waals surface area contributed by atoms with Gasteiger partial charge in [0.1, 0.15) is 6.04 Å². The Bertz CT molecular complexity index is 518. The van der Waals surface area contributed by atoms with Gasteiger partial charge >= 0.3 is 0 Å². The Morgan fingerprint density at radius 2 is 2.31 bits per heavy atom. The van der Waals surface area contributed by atoms with Gasteiger partial charge in [-0.1, -0.05) is 11.6 Å². The summed E-state index contributed by atoms with van der Waals surface area (Å²) in [6.07, 6.45) is 3.60. The molecule has 0 aliphatic carbocycles. The number of hydrogen-bond donors (Lipinski definition) is 0. The molecule has 5 heteroatoms. The van der Waals surface area contributed by atoms with E-state index in [9.17, 15) is 4.79 Å². The molecule has 0 fully saturated rings. The first kappa shape index (κ1) is 11.4. The standard InChI is InChI=1S/C11H11ClN2OS/c1-7-5-13-14(6-7)8(2)11(15)9-3-4-10(12)16-9/h3-6,8H,1-2H3. The van der Waals surface area contributed by atoms with Crippen LogP contribution in [0.4, 0.5) is 0 Å². The van der Waals surface area contributed by atoms with Crippen LogP contribution in [-0.2, 0) is 0 Å². The molecule has 0 radical (unpaired) electrons. The molecular formula is C11H11ClN2OS. The average molecular weight is 255 g/mol. The summed E-state index contributed by atoms with van der Waals surface area (Å²) in [7, 11) is 0. The number of hydrogen-bond acceptors (Lipinski definition) is 3. The van der Waals surface area contributed by atoms with Crippen molar-refractivity contribution in [1.82, 2.24) is 9.78 Å². The van der Waals surface area contributed by atoms with E-state index >= 15 is 0 Å². The number of rotatable bonds is 3. The largest absolute Gasteiger partial charge is 0.291 e. The summed E-state index contributed by atoms with van der Waals surface area (Å²) in [5.74, 6) is 0.0417. The highest BCUT2D eigenvalue weighted by molar-refractivity contribution is 7.18. The number of carbonyl (C=O) groups is 1. The molecule has 0 saturated carbocycles. The van der Waals surface area contributed by atoms with Crippen molar-refractivity contribution in [3.63, 3.8) is 0 Å². The van der Waals surface area contributed by atoms with Crippen molar-refractivity contribution in [1.29, 1.82) is 0 Å². The molecule has 2 aromatic heterocycles. The average Bonchev–Trinajstić information content (AvgIpc) is 2.85. The lowest BCUT2D eigenvalue weighted by atomic mass is 10.2. The van der Waals surface area contributed by atoms with Gasteiger partial charge in [-0.25, -0.2) is 0 Å². The molecule has 1 atom stereocenters. The fourth-order valence-corrected chi connectivity index (χ4v) is 2.48. The maximum atomic E-state index is 12.1. The van der Waals surface area contributed by atoms with E-state index in [0.717, 1.165) is 5.56 Å². The van der Waals surface area contributed by atoms with Gasteiger partial charge in [-0.05, 0) is 31.5 Å². The van der Waals surface area contributed by atoms with Crippen molar-refractivity contribution < 1.29 is 4.79 Å². The topological polar surface area (TPSA) is 34.9 Å². The smallest absolute Gasteiger partial charge is 0.197 e. The van der Waals surface area contributed by atoms with Crippen LogP contribution in [0, 0.1) is 6.92 Å². The van der Waals surface area contributed by atoms with Gasteiger partial charge in [0.2, 0.25) is 0 Å². The summed E-state index contributed by atoms with van der Waals surface area (Å²) in [5, 5.41) is 4.14. The van der Waals surface area contributed by atoms with E-state index in [4.69, 9.17) is 11.6 Å². The van der Waals surface area contributed by atoms with Gasteiger partial charge in [-0.3, -0.25) is 9.48 Å². The summed E-state index contributed by atoms with van der Waals surface area (Å²) in [6.45, 7) is 3.78. The van der Waals surface area contributed by atoms with Crippen LogP contribution in [-0.4, -0.2) is 15.6 Å². The Morgan fingerprint density at radius 1 is 1.56 bits per heavy atom. The van der Waals surface area contributed by atoms with E-state index in [1.54, 1.807) is 23.0 Å². The van der Waals surface area contributed by atoms with E-state index < -0.39 is 0 Å². The van der Waals surface area contributed by atoms with Gasteiger partial charge in [0.15, 0.2) is 5.78 Å². The fraction of sp³-hybridized carbons (Fsp3) is 0.273. The van der Waals surface area contributed by atoms with Crippen LogP contribution in [0.1, 0.15) is 28.2 Å². The number of Topliss-reactive ketones (excluding diaryl/α,β-unsaturated/α-hetero) is 1. The molecule has 3 nitrogen and oxygen atoms in total. The predicted octanol–water partition coefficient (Wildman–Crippen LogP) is 3.35. The summed E-state index contributed by atoms with van der Waals surface area (Å²) >= 11 is 7.10. The van der Waals surface area contributed by atoms with E-state index in [0.29, 0.717) is 9.21 Å². The minimum absolute atomic E-state index is 0.0417. The predicted molar refractivity (Wildman–Crippen MR) is 65.3 cm³/mol. The molecule has 2 rings (SSSR count). The number of carbonyl (C=O) groups excluding carboxylic acids is 1. The van der Waals surface area contributed by atoms with Crippen LogP contribution in [0.5, 0.6) is 0 Å². The first-order valence-corrected chi connectivity index (χ1v) is 6.07. The SMILES string of the molecule is Cc1cnn(C(C)C(=O)c2ccc(Cl)s2)c1. The quantitative estimate of drug-likeness (QED) is 0.788. The van der Waals surface area contributed by atoms with Gasteiger partial charge in [-0.2, -0.15) is 5.10 Å². The van der Waals surface area contributed by atoms with Crippen LogP contribution < -0.4 is 0 Å². The van der Waals surface area contributed by atoms with Gasteiger partial charge in [-0.15, -0.1) is 11.3 Å². The minimum Gasteiger partial charge on any atom is -0.291 e. The van der Waals surface area contributed by atoms with Crippen molar-refractivity contribution in [2.24, 2.45) is 0 Å². The number of nitrogens with zero attached hydrogens (tertiary/aromatic N) is 2. The molecule has 2 heterocycles. The lowest BCUT2D eigenvalue weighted by molar-refractivity contribution is 0.0932. The first-order valence-electron chi connectivity index (χ1n) is 4.88. The lowest BCUT2D eigenvalue weighted by Crippen LogP contribution is -2.16. The van der Waals surface area contributed by atoms with E-state index in [1.165, 1.54) is 11.3 Å². The number of thiophene rings is 1. The highest BCUT2D eigenvalue weighted by atomic mass is 35.5. The Balaban J connectivity index is 2.22. The molecule has 84 valence electrons. The molecule has 0 aliphatic rings. The fourth-order valence-electron chi connectivity index (χ4n) is 1.42. The number of aromatic nitrogens is 2. The van der Waals surface area contributed by atoms with Crippen LogP contribution >= 0.6 is 22.9 Å². The van der Waals surface area contributed by atoms with Crippen molar-refractivity contribution in [2.75, 3.05) is 0 Å². The Labute approximate surface area is 103 Å². The third kappa shape index (κ3) is 2.18. The second-order valence-electron chi connectivity index (χ2n) is 3.64. The number of aryl methyl sites for hydroxylation is 1. The van der Waals surface area contributed by atoms with Crippen LogP contribution in [0.3, 0.4) is 0 Å². The van der Waals surface area contributed by atoms with Crippen molar-refractivity contribution in [2.45, 2.75) is 19.9 Å². The molecule has 1 unspecified atom stereocenters. The zero-order valence-electron chi connectivity index (χ0n) is 8.98. The summed E-state index contributed by atoms with van der Waals surface area (Å²) in [4.78, 5) is 12.7. The third-order valence-corrected chi connectivity index (χ3v) is 3.57. The maximum absolute atomic E-state index is 12.1. The lowest BCUT2D eigenvalue weighted by Gasteiger charge is -2.09. The second-order valence-corrected chi connectivity index (χ2v) is 5.36. The number of ketones is 1. The van der Waals surface area contributed by atoms with E-state index in [-0.39, 0.29) is 11.8 Å². The molecule has 0 N–H and O–H groups in total. The molecule has 0 saturated heterocycles. The zero-order valence-corrected chi connectivity index (χ0v) is 10.5. The van der Waals surface area contributed by atoms with Gasteiger partial charge < -0.3 is 0 Å². The Hall–Kier alpha value is -1.13. The molecule has 0 aliphatic heterocycles. The molecule has 0 aromatic carbocycles. The highest BCUT2D eigenvalue weighted by Gasteiger charge is 2.19. The van der Waals surface area contributed by atoms with E-state index in [2.05, 4.69) is 5.10 Å². The van der Waals surface area contributed by atoms with Crippen molar-refractivity contribution in [3.05, 3.63) is 39.3 Å². The van der Waals surface area contributed by atoms with Crippen LogP contribution in [0.25, 0.3) is 0 Å². The minimum atomic E-state index is -0.289. The van der Waals surface area contributed by atoms with Crippen molar-refractivity contribution >= 4 is 28.7 Å². The normalized spacial score (nSPS) is 12.7. The van der Waals surface area contributed by atoms with Crippen LogP contribution in [0.2, 0.25) is 4.34 Å². The van der Waals surface area contributed by atoms with Crippen LogP contribution in [0.15, 0.2) is 24.5 Å². The second kappa shape index (κ2) is 4.39. The molecule has 0 amide bonds. The maximum Gasteiger partial charge on any atom is 0.197 e. The number of halogens is 1. The monoisotopic (exact) mass is 254 g/mol. The molecule has 16 heavy (non-hydrogen) atoms. The van der Waals surface area contributed by atoms with Gasteiger partial charge in [0, 0.05) is 6.20 Å². The highest BCUT2D eigenvalue weighted by Crippen LogP contribution is 2.25. The Morgan fingerprint density at radius 3 is 2.81 bits per heavy atom. The summed E-state index contributed by atoms with van der Waals surface area (Å²) in [5.41, 5.74) is 1.05. The molecule has 2 aromatic rings. The van der Waals surface area contributed by atoms with Crippen molar-refractivity contribution in [3.8, 4) is 0 Å². The van der Waals surface area contributed by atoms with Gasteiger partial charge in [0.25, 0.3) is 0 Å². The zero-order chi connectivity index (χ0) is 11.7. The summed E-state index contributed by atoms with van der Waals surface area (Å²) < 4.78 is 2.30. The molecule has 0 spiro atoms. The summed E-state index contributed by atoms with van der Waals surface area (Å²) in [6, 6.07) is 3.20. The van der Waals surface area contributed by atoms with E-state index in [1.807, 2.05) is 20.0 Å². The Kier molecular flexibility index (Phi) is 3.12.